The maximum atomic E-state index is 13.4. The van der Waals surface area contributed by atoms with Crippen molar-refractivity contribution in [3.63, 3.8) is 0 Å². The van der Waals surface area contributed by atoms with Crippen molar-refractivity contribution in [3.8, 4) is 0 Å². The number of amides is 1. The number of anilines is 1. The Morgan fingerprint density at radius 1 is 1.44 bits per heavy atom. The van der Waals surface area contributed by atoms with Crippen molar-refractivity contribution in [1.29, 1.82) is 0 Å². The average Bonchev–Trinajstić information content (AvgIpc) is 3.11. The number of rotatable bonds is 4. The lowest BCUT2D eigenvalue weighted by atomic mass is 10.1. The molecule has 1 saturated carbocycles. The minimum atomic E-state index is -1.32. The average molecular weight is 251 g/mol. The number of halogens is 1. The molecule has 1 aromatic rings. The van der Waals surface area contributed by atoms with E-state index < -0.39 is 17.3 Å². The first-order valence-electron chi connectivity index (χ1n) is 5.82. The minimum absolute atomic E-state index is 0.0905. The summed E-state index contributed by atoms with van der Waals surface area (Å²) in [5.74, 6) is -1.99. The fourth-order valence-electron chi connectivity index (χ4n) is 1.83. The molecule has 1 amide bonds. The summed E-state index contributed by atoms with van der Waals surface area (Å²) in [4.78, 5) is 22.4. The Kier molecular flexibility index (Phi) is 3.32. The molecule has 2 rings (SSSR count). The second-order valence-electron chi connectivity index (χ2n) is 4.62. The van der Waals surface area contributed by atoms with Crippen LogP contribution in [0.5, 0.6) is 0 Å². The van der Waals surface area contributed by atoms with Gasteiger partial charge in [-0.15, -0.1) is 0 Å². The van der Waals surface area contributed by atoms with Crippen LogP contribution in [0, 0.1) is 17.7 Å². The molecular formula is C13H14FNO3. The van der Waals surface area contributed by atoms with Crippen LogP contribution in [0.3, 0.4) is 0 Å². The number of nitrogens with one attached hydrogen (secondary N) is 1. The standard InChI is InChI=1S/C13H14FNO3/c1-7(8-2-3-8)12(16)15-9-4-5-10(13(17)18)11(14)6-9/h4-8H,2-3H2,1H3,(H,15,16)(H,17,18). The lowest BCUT2D eigenvalue weighted by molar-refractivity contribution is -0.119. The van der Waals surface area contributed by atoms with Gasteiger partial charge in [-0.3, -0.25) is 4.79 Å². The second-order valence-corrected chi connectivity index (χ2v) is 4.62. The summed E-state index contributed by atoms with van der Waals surface area (Å²) in [5.41, 5.74) is -0.113. The number of benzene rings is 1. The fraction of sp³-hybridized carbons (Fsp3) is 0.385. The van der Waals surface area contributed by atoms with Gasteiger partial charge in [0.05, 0.1) is 5.56 Å². The Morgan fingerprint density at radius 2 is 2.11 bits per heavy atom. The zero-order valence-corrected chi connectivity index (χ0v) is 9.94. The molecule has 1 unspecified atom stereocenters. The lowest BCUT2D eigenvalue weighted by Crippen LogP contribution is -2.22. The van der Waals surface area contributed by atoms with Crippen LogP contribution >= 0.6 is 0 Å². The molecule has 0 spiro atoms. The second kappa shape index (κ2) is 4.76. The molecule has 1 aliphatic rings. The first-order valence-corrected chi connectivity index (χ1v) is 5.82. The number of hydrogen-bond acceptors (Lipinski definition) is 2. The van der Waals surface area contributed by atoms with Crippen LogP contribution in [-0.2, 0) is 4.79 Å². The van der Waals surface area contributed by atoms with Crippen LogP contribution in [0.2, 0.25) is 0 Å². The van der Waals surface area contributed by atoms with E-state index in [0.29, 0.717) is 5.92 Å². The Labute approximate surface area is 104 Å². The predicted octanol–water partition coefficient (Wildman–Crippen LogP) is 2.51. The highest BCUT2D eigenvalue weighted by Crippen LogP contribution is 2.37. The normalized spacial score (nSPS) is 16.1. The molecule has 2 N–H and O–H groups in total. The van der Waals surface area contributed by atoms with Crippen molar-refractivity contribution in [2.75, 3.05) is 5.32 Å². The zero-order chi connectivity index (χ0) is 13.3. The van der Waals surface area contributed by atoms with E-state index >= 15 is 0 Å². The fourth-order valence-corrected chi connectivity index (χ4v) is 1.83. The van der Waals surface area contributed by atoms with Crippen LogP contribution in [0.25, 0.3) is 0 Å². The van der Waals surface area contributed by atoms with Crippen molar-refractivity contribution < 1.29 is 19.1 Å². The summed E-state index contributed by atoms with van der Waals surface area (Å²) in [5, 5.41) is 11.3. The van der Waals surface area contributed by atoms with Crippen LogP contribution in [0.15, 0.2) is 18.2 Å². The Bertz CT molecular complexity index is 497. The molecule has 0 heterocycles. The van der Waals surface area contributed by atoms with Crippen molar-refractivity contribution in [1.82, 2.24) is 0 Å². The molecule has 1 aromatic carbocycles. The van der Waals surface area contributed by atoms with Gasteiger partial charge in [-0.25, -0.2) is 9.18 Å². The molecule has 0 radical (unpaired) electrons. The third-order valence-corrected chi connectivity index (χ3v) is 3.21. The molecule has 4 nitrogen and oxygen atoms in total. The van der Waals surface area contributed by atoms with Crippen molar-refractivity contribution in [2.24, 2.45) is 11.8 Å². The number of carbonyl (C=O) groups excluding carboxylic acids is 1. The van der Waals surface area contributed by atoms with Gasteiger partial charge in [0.25, 0.3) is 0 Å². The smallest absolute Gasteiger partial charge is 0.338 e. The number of carbonyl (C=O) groups is 2. The SMILES string of the molecule is CC(C(=O)Nc1ccc(C(=O)O)c(F)c1)C1CC1. The van der Waals surface area contributed by atoms with Gasteiger partial charge in [-0.05, 0) is 37.0 Å². The first-order chi connectivity index (χ1) is 8.49. The molecule has 1 fully saturated rings. The lowest BCUT2D eigenvalue weighted by Gasteiger charge is -2.11. The quantitative estimate of drug-likeness (QED) is 0.864. The molecule has 0 bridgehead atoms. The third kappa shape index (κ3) is 2.67. The Morgan fingerprint density at radius 3 is 2.61 bits per heavy atom. The van der Waals surface area contributed by atoms with Crippen LogP contribution in [0.1, 0.15) is 30.1 Å². The third-order valence-electron chi connectivity index (χ3n) is 3.21. The van der Waals surface area contributed by atoms with Crippen molar-refractivity contribution in [2.45, 2.75) is 19.8 Å². The summed E-state index contributed by atoms with van der Waals surface area (Å²) in [6.45, 7) is 1.84. The largest absolute Gasteiger partial charge is 0.478 e. The molecule has 0 aliphatic heterocycles. The van der Waals surface area contributed by atoms with Gasteiger partial charge in [0, 0.05) is 11.6 Å². The summed E-state index contributed by atoms with van der Waals surface area (Å²) < 4.78 is 13.4. The van der Waals surface area contributed by atoms with E-state index in [-0.39, 0.29) is 17.5 Å². The molecular weight excluding hydrogens is 237 g/mol. The van der Waals surface area contributed by atoms with Crippen molar-refractivity contribution in [3.05, 3.63) is 29.6 Å². The van der Waals surface area contributed by atoms with E-state index in [4.69, 9.17) is 5.11 Å². The van der Waals surface area contributed by atoms with E-state index in [1.54, 1.807) is 0 Å². The van der Waals surface area contributed by atoms with Crippen LogP contribution in [-0.4, -0.2) is 17.0 Å². The monoisotopic (exact) mass is 251 g/mol. The first kappa shape index (κ1) is 12.5. The molecule has 0 saturated heterocycles. The van der Waals surface area contributed by atoms with Crippen LogP contribution in [0.4, 0.5) is 10.1 Å². The predicted molar refractivity (Wildman–Crippen MR) is 63.9 cm³/mol. The van der Waals surface area contributed by atoms with Crippen molar-refractivity contribution >= 4 is 17.6 Å². The topological polar surface area (TPSA) is 66.4 Å². The van der Waals surface area contributed by atoms with Gasteiger partial charge < -0.3 is 10.4 Å². The van der Waals surface area contributed by atoms with Crippen LogP contribution < -0.4 is 5.32 Å². The van der Waals surface area contributed by atoms with Gasteiger partial charge in [0.2, 0.25) is 5.91 Å². The van der Waals surface area contributed by atoms with Gasteiger partial charge in [-0.2, -0.15) is 0 Å². The van der Waals surface area contributed by atoms with E-state index in [1.165, 1.54) is 6.07 Å². The molecule has 5 heteroatoms. The number of hydrogen-bond donors (Lipinski definition) is 2. The highest BCUT2D eigenvalue weighted by Gasteiger charge is 2.32. The summed E-state index contributed by atoms with van der Waals surface area (Å²) >= 11 is 0. The van der Waals surface area contributed by atoms with E-state index in [0.717, 1.165) is 25.0 Å². The summed E-state index contributed by atoms with van der Waals surface area (Å²) in [7, 11) is 0. The summed E-state index contributed by atoms with van der Waals surface area (Å²) in [6, 6.07) is 3.57. The van der Waals surface area contributed by atoms with E-state index in [9.17, 15) is 14.0 Å². The molecule has 0 aromatic heterocycles. The molecule has 1 aliphatic carbocycles. The van der Waals surface area contributed by atoms with E-state index in [1.807, 2.05) is 6.92 Å². The van der Waals surface area contributed by atoms with Gasteiger partial charge in [-0.1, -0.05) is 6.92 Å². The number of carboxylic acid groups (broad SMARTS) is 1. The van der Waals surface area contributed by atoms with Gasteiger partial charge in [0.15, 0.2) is 0 Å². The zero-order valence-electron chi connectivity index (χ0n) is 9.94. The maximum absolute atomic E-state index is 13.4. The van der Waals surface area contributed by atoms with E-state index in [2.05, 4.69) is 5.32 Å². The minimum Gasteiger partial charge on any atom is -0.478 e. The molecule has 18 heavy (non-hydrogen) atoms. The molecule has 96 valence electrons. The number of carboxylic acids is 1. The Hall–Kier alpha value is -1.91. The van der Waals surface area contributed by atoms with Gasteiger partial charge >= 0.3 is 5.97 Å². The van der Waals surface area contributed by atoms with Gasteiger partial charge in [0.1, 0.15) is 5.82 Å². The highest BCUT2D eigenvalue weighted by atomic mass is 19.1. The maximum Gasteiger partial charge on any atom is 0.338 e. The highest BCUT2D eigenvalue weighted by molar-refractivity contribution is 5.94. The molecule has 1 atom stereocenters. The summed E-state index contributed by atoms with van der Waals surface area (Å²) in [6.07, 6.45) is 2.11. The number of aromatic carboxylic acids is 1. The Balaban J connectivity index is 2.07.